The summed E-state index contributed by atoms with van der Waals surface area (Å²) in [6, 6.07) is 19.4. The number of halogens is 1. The highest BCUT2D eigenvalue weighted by Gasteiger charge is 2.46. The number of benzene rings is 2. The summed E-state index contributed by atoms with van der Waals surface area (Å²) in [5.41, 5.74) is 2.48. The lowest BCUT2D eigenvalue weighted by molar-refractivity contribution is -0.136. The van der Waals surface area contributed by atoms with Crippen LogP contribution in [0.3, 0.4) is 0 Å². The van der Waals surface area contributed by atoms with Gasteiger partial charge in [-0.15, -0.1) is 0 Å². The number of hydrogen-bond donors (Lipinski definition) is 1. The minimum atomic E-state index is -0.255. The molecule has 190 valence electrons. The van der Waals surface area contributed by atoms with Gasteiger partial charge in [0, 0.05) is 23.9 Å². The van der Waals surface area contributed by atoms with Gasteiger partial charge in [0.15, 0.2) is 0 Å². The summed E-state index contributed by atoms with van der Waals surface area (Å²) in [5, 5.41) is 8.28. The molecule has 0 spiro atoms. The lowest BCUT2D eigenvalue weighted by Crippen LogP contribution is -2.41. The Hall–Kier alpha value is -3.12. The van der Waals surface area contributed by atoms with E-state index in [-0.39, 0.29) is 41.5 Å². The summed E-state index contributed by atoms with van der Waals surface area (Å²) in [4.78, 5) is 28.3. The van der Waals surface area contributed by atoms with Crippen molar-refractivity contribution in [1.29, 1.82) is 0 Å². The molecular formula is C29H35ClN4O2. The fraction of sp³-hybridized carbons (Fsp3) is 0.414. The minimum Gasteiger partial charge on any atom is -0.333 e. The Kier molecular flexibility index (Phi) is 7.55. The highest BCUT2D eigenvalue weighted by atomic mass is 35.5. The minimum absolute atomic E-state index is 0.00637. The number of carbonyl (C=O) groups excluding carboxylic acids is 2. The Morgan fingerprint density at radius 2 is 1.78 bits per heavy atom. The number of aromatic nitrogens is 2. The van der Waals surface area contributed by atoms with Gasteiger partial charge in [0.05, 0.1) is 22.9 Å². The lowest BCUT2D eigenvalue weighted by atomic mass is 9.92. The van der Waals surface area contributed by atoms with Crippen LogP contribution >= 0.6 is 11.6 Å². The molecule has 1 aliphatic rings. The Labute approximate surface area is 218 Å². The second kappa shape index (κ2) is 10.5. The molecule has 0 saturated heterocycles. The molecule has 0 bridgehead atoms. The van der Waals surface area contributed by atoms with E-state index in [1.165, 1.54) is 5.56 Å². The number of nitrogens with one attached hydrogen (secondary N) is 1. The van der Waals surface area contributed by atoms with E-state index in [1.807, 2.05) is 42.5 Å². The molecule has 0 radical (unpaired) electrons. The molecule has 1 aromatic heterocycles. The summed E-state index contributed by atoms with van der Waals surface area (Å²) in [7, 11) is 0. The SMILES string of the molecule is CC(C)CN(CC(=O)Nc1cc(C(C)(C)C)nn1-c1ccccc1Cl)C(=O)C1CC1c1ccccc1. The predicted octanol–water partition coefficient (Wildman–Crippen LogP) is 6.05. The zero-order chi connectivity index (χ0) is 26.0. The van der Waals surface area contributed by atoms with Crippen molar-refractivity contribution in [3.05, 3.63) is 76.9 Å². The van der Waals surface area contributed by atoms with E-state index in [0.29, 0.717) is 23.1 Å². The van der Waals surface area contributed by atoms with Gasteiger partial charge >= 0.3 is 0 Å². The maximum Gasteiger partial charge on any atom is 0.245 e. The number of amides is 2. The maximum absolute atomic E-state index is 13.4. The second-order valence-corrected chi connectivity index (χ2v) is 11.5. The molecule has 1 aliphatic carbocycles. The molecule has 4 rings (SSSR count). The number of rotatable bonds is 8. The van der Waals surface area contributed by atoms with Crippen molar-refractivity contribution in [2.45, 2.75) is 52.4 Å². The average Bonchev–Trinajstić information content (AvgIpc) is 3.51. The van der Waals surface area contributed by atoms with Crippen molar-refractivity contribution in [3.8, 4) is 5.69 Å². The lowest BCUT2D eigenvalue weighted by Gasteiger charge is -2.24. The van der Waals surface area contributed by atoms with Gasteiger partial charge in [-0.3, -0.25) is 9.59 Å². The first-order chi connectivity index (χ1) is 17.0. The largest absolute Gasteiger partial charge is 0.333 e. The van der Waals surface area contributed by atoms with Crippen molar-refractivity contribution in [3.63, 3.8) is 0 Å². The van der Waals surface area contributed by atoms with E-state index in [4.69, 9.17) is 16.7 Å². The third kappa shape index (κ3) is 5.98. The van der Waals surface area contributed by atoms with Crippen LogP contribution in [0.2, 0.25) is 5.02 Å². The first-order valence-electron chi connectivity index (χ1n) is 12.5. The average molecular weight is 507 g/mol. The number of nitrogens with zero attached hydrogens (tertiary/aromatic N) is 3. The first kappa shape index (κ1) is 26.0. The summed E-state index contributed by atoms with van der Waals surface area (Å²) < 4.78 is 1.67. The van der Waals surface area contributed by atoms with Crippen molar-refractivity contribution in [2.24, 2.45) is 11.8 Å². The fourth-order valence-corrected chi connectivity index (χ4v) is 4.66. The van der Waals surface area contributed by atoms with Crippen LogP contribution in [0.4, 0.5) is 5.82 Å². The monoisotopic (exact) mass is 506 g/mol. The zero-order valence-corrected chi connectivity index (χ0v) is 22.4. The van der Waals surface area contributed by atoms with Gasteiger partial charge in [-0.25, -0.2) is 4.68 Å². The molecule has 7 heteroatoms. The van der Waals surface area contributed by atoms with Crippen LogP contribution < -0.4 is 5.32 Å². The van der Waals surface area contributed by atoms with Gasteiger partial charge in [-0.1, -0.05) is 88.7 Å². The molecule has 1 N–H and O–H groups in total. The summed E-state index contributed by atoms with van der Waals surface area (Å²) in [6.07, 6.45) is 0.827. The first-order valence-corrected chi connectivity index (χ1v) is 12.9. The Bertz CT molecular complexity index is 1230. The quantitative estimate of drug-likeness (QED) is 0.404. The van der Waals surface area contributed by atoms with Crippen LogP contribution in [-0.2, 0) is 15.0 Å². The molecule has 2 unspecified atom stereocenters. The highest BCUT2D eigenvalue weighted by molar-refractivity contribution is 6.32. The maximum atomic E-state index is 13.4. The smallest absolute Gasteiger partial charge is 0.245 e. The van der Waals surface area contributed by atoms with E-state index in [2.05, 4.69) is 52.1 Å². The zero-order valence-electron chi connectivity index (χ0n) is 21.7. The van der Waals surface area contributed by atoms with Gasteiger partial charge in [0.1, 0.15) is 5.82 Å². The van der Waals surface area contributed by atoms with Gasteiger partial charge in [-0.05, 0) is 36.0 Å². The van der Waals surface area contributed by atoms with Crippen molar-refractivity contribution < 1.29 is 9.59 Å². The predicted molar refractivity (Wildman–Crippen MR) is 145 cm³/mol. The molecule has 2 amide bonds. The molecule has 3 aromatic rings. The van der Waals surface area contributed by atoms with Crippen LogP contribution in [0.15, 0.2) is 60.7 Å². The van der Waals surface area contributed by atoms with Gasteiger partial charge in [-0.2, -0.15) is 5.10 Å². The third-order valence-electron chi connectivity index (χ3n) is 6.39. The topological polar surface area (TPSA) is 67.2 Å². The molecule has 2 atom stereocenters. The molecule has 2 aromatic carbocycles. The second-order valence-electron chi connectivity index (χ2n) is 11.0. The third-order valence-corrected chi connectivity index (χ3v) is 6.71. The van der Waals surface area contributed by atoms with E-state index >= 15 is 0 Å². The van der Waals surface area contributed by atoms with E-state index < -0.39 is 0 Å². The molecular weight excluding hydrogens is 472 g/mol. The van der Waals surface area contributed by atoms with Crippen molar-refractivity contribution in [1.82, 2.24) is 14.7 Å². The number of carbonyl (C=O) groups is 2. The number of para-hydroxylation sites is 1. The summed E-state index contributed by atoms with van der Waals surface area (Å²) in [5.74, 6) is 0.727. The van der Waals surface area contributed by atoms with Crippen molar-refractivity contribution >= 4 is 29.2 Å². The normalized spacial score (nSPS) is 17.2. The van der Waals surface area contributed by atoms with Crippen LogP contribution in [0.5, 0.6) is 0 Å². The number of hydrogen-bond acceptors (Lipinski definition) is 3. The molecule has 0 aliphatic heterocycles. The summed E-state index contributed by atoms with van der Waals surface area (Å²) in [6.45, 7) is 10.8. The molecule has 1 saturated carbocycles. The van der Waals surface area contributed by atoms with E-state index in [9.17, 15) is 9.59 Å². The fourth-order valence-electron chi connectivity index (χ4n) is 4.44. The van der Waals surface area contributed by atoms with Crippen molar-refractivity contribution in [2.75, 3.05) is 18.4 Å². The van der Waals surface area contributed by atoms with Gasteiger partial charge in [0.2, 0.25) is 11.8 Å². The summed E-state index contributed by atoms with van der Waals surface area (Å²) >= 11 is 6.45. The Morgan fingerprint density at radius 1 is 1.11 bits per heavy atom. The molecule has 1 heterocycles. The Balaban J connectivity index is 1.53. The highest BCUT2D eigenvalue weighted by Crippen LogP contribution is 2.48. The van der Waals surface area contributed by atoms with E-state index in [0.717, 1.165) is 12.1 Å². The van der Waals surface area contributed by atoms with E-state index in [1.54, 1.807) is 15.6 Å². The molecule has 1 fully saturated rings. The van der Waals surface area contributed by atoms with Crippen LogP contribution in [-0.4, -0.2) is 39.6 Å². The van der Waals surface area contributed by atoms with Crippen LogP contribution in [0.25, 0.3) is 5.69 Å². The number of anilines is 1. The van der Waals surface area contributed by atoms with Crippen LogP contribution in [0, 0.1) is 11.8 Å². The standard InChI is InChI=1S/C29H35ClN4O2/c1-19(2)17-33(28(36)22-15-21(22)20-11-7-6-8-12-20)18-27(35)31-26-16-25(29(3,4)5)32-34(26)24-14-10-9-13-23(24)30/h6-14,16,19,21-22H,15,17-18H2,1-5H3,(H,31,35). The molecule has 6 nitrogen and oxygen atoms in total. The van der Waals surface area contributed by atoms with Crippen LogP contribution in [0.1, 0.15) is 58.2 Å². The van der Waals surface area contributed by atoms with Gasteiger partial charge < -0.3 is 10.2 Å². The molecule has 36 heavy (non-hydrogen) atoms. The Morgan fingerprint density at radius 3 is 2.42 bits per heavy atom. The van der Waals surface area contributed by atoms with Gasteiger partial charge in [0.25, 0.3) is 0 Å².